The third-order valence-electron chi connectivity index (χ3n) is 3.57. The second-order valence-corrected chi connectivity index (χ2v) is 5.04. The zero-order valence-electron chi connectivity index (χ0n) is 11.9. The van der Waals surface area contributed by atoms with E-state index in [1.54, 1.807) is 7.11 Å². The Bertz CT molecular complexity index is 497. The second kappa shape index (κ2) is 7.30. The fourth-order valence-corrected chi connectivity index (χ4v) is 2.45. The minimum absolute atomic E-state index is 0.144. The predicted molar refractivity (Wildman–Crippen MR) is 79.4 cm³/mol. The van der Waals surface area contributed by atoms with E-state index in [2.05, 4.69) is 22.8 Å². The number of ether oxygens (including phenoxy) is 1. The summed E-state index contributed by atoms with van der Waals surface area (Å²) in [7, 11) is 1.68. The average molecular weight is 274 g/mol. The summed E-state index contributed by atoms with van der Waals surface area (Å²) in [6.45, 7) is 3.03. The first-order valence-electron chi connectivity index (χ1n) is 6.99. The highest BCUT2D eigenvalue weighted by molar-refractivity contribution is 5.44. The molecule has 0 unspecified atom stereocenters. The Balaban J connectivity index is 2.11. The Labute approximate surface area is 120 Å². The van der Waals surface area contributed by atoms with Gasteiger partial charge in [-0.2, -0.15) is 0 Å². The zero-order valence-corrected chi connectivity index (χ0v) is 11.9. The summed E-state index contributed by atoms with van der Waals surface area (Å²) >= 11 is 0. The van der Waals surface area contributed by atoms with Crippen LogP contribution in [0.1, 0.15) is 24.0 Å². The standard InChI is InChI=1S/C16H22N2O2/c1-20-16-5-4-13(3-2-8-17)11-14(16)12-18-9-6-15(19)7-10-18/h4-5,11,15,19H,6-10,12,17H2,1H3. The lowest BCUT2D eigenvalue weighted by atomic mass is 10.1. The lowest BCUT2D eigenvalue weighted by molar-refractivity contribution is 0.0789. The van der Waals surface area contributed by atoms with Crippen LogP contribution in [0.15, 0.2) is 18.2 Å². The third kappa shape index (κ3) is 3.97. The SMILES string of the molecule is COc1ccc(C#CCN)cc1CN1CCC(O)CC1. The smallest absolute Gasteiger partial charge is 0.123 e. The van der Waals surface area contributed by atoms with Crippen molar-refractivity contribution < 1.29 is 9.84 Å². The number of methoxy groups -OCH3 is 1. The van der Waals surface area contributed by atoms with E-state index in [0.717, 1.165) is 49.4 Å². The Morgan fingerprint density at radius 2 is 2.15 bits per heavy atom. The summed E-state index contributed by atoms with van der Waals surface area (Å²) in [5.41, 5.74) is 7.50. The van der Waals surface area contributed by atoms with Crippen molar-refractivity contribution in [3.05, 3.63) is 29.3 Å². The Hall–Kier alpha value is -1.54. The third-order valence-corrected chi connectivity index (χ3v) is 3.57. The summed E-state index contributed by atoms with van der Waals surface area (Å²) in [6, 6.07) is 5.96. The number of piperidine rings is 1. The number of aliphatic hydroxyl groups excluding tert-OH is 1. The lowest BCUT2D eigenvalue weighted by Gasteiger charge is -2.29. The number of aliphatic hydroxyl groups is 1. The van der Waals surface area contributed by atoms with E-state index in [0.29, 0.717) is 6.54 Å². The van der Waals surface area contributed by atoms with Gasteiger partial charge in [-0.15, -0.1) is 0 Å². The number of benzene rings is 1. The van der Waals surface area contributed by atoms with E-state index >= 15 is 0 Å². The maximum Gasteiger partial charge on any atom is 0.123 e. The van der Waals surface area contributed by atoms with Gasteiger partial charge in [0.15, 0.2) is 0 Å². The minimum Gasteiger partial charge on any atom is -0.496 e. The molecule has 0 spiro atoms. The monoisotopic (exact) mass is 274 g/mol. The van der Waals surface area contributed by atoms with Crippen LogP contribution >= 0.6 is 0 Å². The van der Waals surface area contributed by atoms with Crippen molar-refractivity contribution in [2.75, 3.05) is 26.7 Å². The Morgan fingerprint density at radius 3 is 2.80 bits per heavy atom. The average Bonchev–Trinajstić information content (AvgIpc) is 2.48. The van der Waals surface area contributed by atoms with Gasteiger partial charge in [0.25, 0.3) is 0 Å². The summed E-state index contributed by atoms with van der Waals surface area (Å²) in [4.78, 5) is 2.34. The first-order valence-corrected chi connectivity index (χ1v) is 6.99. The van der Waals surface area contributed by atoms with E-state index in [4.69, 9.17) is 10.5 Å². The van der Waals surface area contributed by atoms with Crippen LogP contribution in [-0.2, 0) is 6.54 Å². The Morgan fingerprint density at radius 1 is 1.40 bits per heavy atom. The molecule has 1 fully saturated rings. The molecule has 0 amide bonds. The highest BCUT2D eigenvalue weighted by Gasteiger charge is 2.18. The summed E-state index contributed by atoms with van der Waals surface area (Å²) < 4.78 is 5.42. The van der Waals surface area contributed by atoms with Crippen LogP contribution in [0.2, 0.25) is 0 Å². The van der Waals surface area contributed by atoms with Crippen molar-refractivity contribution >= 4 is 0 Å². The van der Waals surface area contributed by atoms with E-state index in [1.807, 2.05) is 12.1 Å². The highest BCUT2D eigenvalue weighted by atomic mass is 16.5. The van der Waals surface area contributed by atoms with Crippen LogP contribution in [0.25, 0.3) is 0 Å². The molecule has 1 saturated heterocycles. The lowest BCUT2D eigenvalue weighted by Crippen LogP contribution is -2.35. The molecule has 2 rings (SSSR count). The molecule has 0 aromatic heterocycles. The quantitative estimate of drug-likeness (QED) is 0.806. The van der Waals surface area contributed by atoms with E-state index in [1.165, 1.54) is 0 Å². The van der Waals surface area contributed by atoms with Gasteiger partial charge in [0.2, 0.25) is 0 Å². The van der Waals surface area contributed by atoms with Crippen LogP contribution in [-0.4, -0.2) is 42.9 Å². The van der Waals surface area contributed by atoms with Crippen molar-refractivity contribution in [1.82, 2.24) is 4.90 Å². The van der Waals surface area contributed by atoms with Crippen LogP contribution in [0.4, 0.5) is 0 Å². The van der Waals surface area contributed by atoms with E-state index in [-0.39, 0.29) is 6.10 Å². The molecule has 108 valence electrons. The second-order valence-electron chi connectivity index (χ2n) is 5.04. The molecule has 20 heavy (non-hydrogen) atoms. The largest absolute Gasteiger partial charge is 0.496 e. The maximum absolute atomic E-state index is 9.55. The minimum atomic E-state index is -0.144. The van der Waals surface area contributed by atoms with Gasteiger partial charge in [-0.3, -0.25) is 4.90 Å². The molecule has 3 N–H and O–H groups in total. The fraction of sp³-hybridized carbons (Fsp3) is 0.500. The summed E-state index contributed by atoms with van der Waals surface area (Å²) in [5, 5.41) is 9.55. The van der Waals surface area contributed by atoms with E-state index < -0.39 is 0 Å². The van der Waals surface area contributed by atoms with Crippen LogP contribution in [0.5, 0.6) is 5.75 Å². The molecule has 1 aromatic carbocycles. The predicted octanol–water partition coefficient (Wildman–Crippen LogP) is 0.962. The molecule has 4 nitrogen and oxygen atoms in total. The topological polar surface area (TPSA) is 58.7 Å². The van der Waals surface area contributed by atoms with Crippen molar-refractivity contribution in [2.24, 2.45) is 5.73 Å². The molecule has 0 saturated carbocycles. The number of nitrogens with zero attached hydrogens (tertiary/aromatic N) is 1. The van der Waals surface area contributed by atoms with Crippen molar-refractivity contribution in [2.45, 2.75) is 25.5 Å². The van der Waals surface area contributed by atoms with Gasteiger partial charge in [-0.1, -0.05) is 11.8 Å². The van der Waals surface area contributed by atoms with Gasteiger partial charge in [-0.25, -0.2) is 0 Å². The highest BCUT2D eigenvalue weighted by Crippen LogP contribution is 2.23. The van der Waals surface area contributed by atoms with Crippen molar-refractivity contribution in [1.29, 1.82) is 0 Å². The molecule has 1 aromatic rings. The molecule has 1 aliphatic heterocycles. The molecule has 4 heteroatoms. The fourth-order valence-electron chi connectivity index (χ4n) is 2.45. The molecule has 0 atom stereocenters. The molecule has 0 bridgehead atoms. The van der Waals surface area contributed by atoms with E-state index in [9.17, 15) is 5.11 Å². The molecular weight excluding hydrogens is 252 g/mol. The van der Waals surface area contributed by atoms with Crippen LogP contribution in [0.3, 0.4) is 0 Å². The number of hydrogen-bond donors (Lipinski definition) is 2. The van der Waals surface area contributed by atoms with Crippen molar-refractivity contribution in [3.8, 4) is 17.6 Å². The first-order chi connectivity index (χ1) is 9.72. The first kappa shape index (κ1) is 14.9. The maximum atomic E-state index is 9.55. The van der Waals surface area contributed by atoms with Crippen molar-refractivity contribution in [3.63, 3.8) is 0 Å². The van der Waals surface area contributed by atoms with Gasteiger partial charge in [-0.05, 0) is 31.0 Å². The molecular formula is C16H22N2O2. The number of rotatable bonds is 3. The van der Waals surface area contributed by atoms with Gasteiger partial charge >= 0.3 is 0 Å². The number of hydrogen-bond acceptors (Lipinski definition) is 4. The molecule has 0 radical (unpaired) electrons. The van der Waals surface area contributed by atoms with Crippen LogP contribution in [0, 0.1) is 11.8 Å². The Kier molecular flexibility index (Phi) is 5.42. The van der Waals surface area contributed by atoms with Gasteiger partial charge in [0, 0.05) is 30.8 Å². The van der Waals surface area contributed by atoms with Gasteiger partial charge in [0.1, 0.15) is 5.75 Å². The molecule has 1 heterocycles. The van der Waals surface area contributed by atoms with Crippen LogP contribution < -0.4 is 10.5 Å². The van der Waals surface area contributed by atoms with Gasteiger partial charge in [0.05, 0.1) is 19.8 Å². The van der Waals surface area contributed by atoms with Gasteiger partial charge < -0.3 is 15.6 Å². The molecule has 1 aliphatic rings. The summed E-state index contributed by atoms with van der Waals surface area (Å²) in [6.07, 6.45) is 1.54. The number of likely N-dealkylation sites (tertiary alicyclic amines) is 1. The zero-order chi connectivity index (χ0) is 14.4. The molecule has 0 aliphatic carbocycles. The normalized spacial score (nSPS) is 16.6. The summed E-state index contributed by atoms with van der Waals surface area (Å²) in [5.74, 6) is 6.80. The number of nitrogens with two attached hydrogens (primary N) is 1.